The zero-order chi connectivity index (χ0) is 18.7. The van der Waals surface area contributed by atoms with Crippen molar-refractivity contribution >= 4 is 23.7 Å². The van der Waals surface area contributed by atoms with Crippen molar-refractivity contribution < 1.29 is 9.18 Å². The molecule has 0 radical (unpaired) electrons. The Balaban J connectivity index is 1.72. The van der Waals surface area contributed by atoms with Crippen LogP contribution in [0.5, 0.6) is 0 Å². The molecule has 6 heteroatoms. The summed E-state index contributed by atoms with van der Waals surface area (Å²) in [6.45, 7) is 4.05. The van der Waals surface area contributed by atoms with E-state index in [1.54, 1.807) is 18.2 Å². The van der Waals surface area contributed by atoms with Crippen LogP contribution < -0.4 is 5.43 Å². The molecule has 0 unspecified atom stereocenters. The van der Waals surface area contributed by atoms with Crippen molar-refractivity contribution in [2.75, 3.05) is 0 Å². The molecule has 132 valence electrons. The van der Waals surface area contributed by atoms with Gasteiger partial charge in [0.1, 0.15) is 5.82 Å². The molecule has 0 bridgehead atoms. The highest BCUT2D eigenvalue weighted by Gasteiger charge is 2.08. The Kier molecular flexibility index (Phi) is 5.19. The number of halogens is 2. The fraction of sp³-hybridized carbons (Fsp3) is 0.100. The summed E-state index contributed by atoms with van der Waals surface area (Å²) in [6.07, 6.45) is 1.19. The van der Waals surface area contributed by atoms with Crippen LogP contribution in [0.2, 0.25) is 5.02 Å². The zero-order valence-electron chi connectivity index (χ0n) is 14.3. The summed E-state index contributed by atoms with van der Waals surface area (Å²) >= 11 is 5.91. The molecule has 0 saturated carbocycles. The fourth-order valence-electron chi connectivity index (χ4n) is 2.69. The summed E-state index contributed by atoms with van der Waals surface area (Å²) in [5.41, 5.74) is 6.17. The molecule has 0 atom stereocenters. The number of hydrazone groups is 1. The summed E-state index contributed by atoms with van der Waals surface area (Å²) in [6, 6.07) is 15.6. The van der Waals surface area contributed by atoms with Crippen molar-refractivity contribution in [2.45, 2.75) is 13.8 Å². The van der Waals surface area contributed by atoms with Crippen molar-refractivity contribution in [3.05, 3.63) is 88.0 Å². The number of nitrogens with one attached hydrogen (secondary N) is 1. The Morgan fingerprint density at radius 2 is 1.73 bits per heavy atom. The third-order valence-electron chi connectivity index (χ3n) is 4.02. The average Bonchev–Trinajstić information content (AvgIpc) is 2.96. The first-order valence-corrected chi connectivity index (χ1v) is 8.38. The quantitative estimate of drug-likeness (QED) is 0.528. The van der Waals surface area contributed by atoms with E-state index < -0.39 is 5.82 Å². The van der Waals surface area contributed by atoms with Gasteiger partial charge >= 0.3 is 0 Å². The van der Waals surface area contributed by atoms with Gasteiger partial charge in [-0.2, -0.15) is 5.10 Å². The Labute approximate surface area is 155 Å². The van der Waals surface area contributed by atoms with Crippen molar-refractivity contribution in [1.82, 2.24) is 9.99 Å². The van der Waals surface area contributed by atoms with Gasteiger partial charge in [0.05, 0.1) is 11.2 Å². The Hall–Kier alpha value is -2.92. The van der Waals surface area contributed by atoms with Crippen LogP contribution in [0.4, 0.5) is 4.39 Å². The lowest BCUT2D eigenvalue weighted by Crippen LogP contribution is -2.17. The van der Waals surface area contributed by atoms with Crippen LogP contribution in [0.15, 0.2) is 59.7 Å². The number of aryl methyl sites for hydroxylation is 2. The van der Waals surface area contributed by atoms with E-state index in [1.165, 1.54) is 18.3 Å². The van der Waals surface area contributed by atoms with E-state index in [2.05, 4.69) is 15.1 Å². The van der Waals surface area contributed by atoms with E-state index in [0.29, 0.717) is 5.56 Å². The van der Waals surface area contributed by atoms with Crippen LogP contribution in [-0.4, -0.2) is 16.7 Å². The molecular weight excluding hydrogens is 353 g/mol. The number of carbonyl (C=O) groups is 1. The highest BCUT2D eigenvalue weighted by molar-refractivity contribution is 6.33. The lowest BCUT2D eigenvalue weighted by atomic mass is 10.2. The Bertz CT molecular complexity index is 937. The zero-order valence-corrected chi connectivity index (χ0v) is 15.1. The minimum atomic E-state index is -0.502. The average molecular weight is 370 g/mol. The lowest BCUT2D eigenvalue weighted by Gasteiger charge is -2.10. The molecule has 0 saturated heterocycles. The largest absolute Gasteiger partial charge is 0.319 e. The number of carbonyl (C=O) groups excluding carboxylic acids is 1. The molecule has 3 rings (SSSR count). The molecule has 0 aliphatic carbocycles. The molecule has 4 nitrogen and oxygen atoms in total. The Morgan fingerprint density at radius 1 is 1.08 bits per heavy atom. The molecular formula is C20H17ClFN3O. The van der Waals surface area contributed by atoms with Gasteiger partial charge in [0.2, 0.25) is 0 Å². The Morgan fingerprint density at radius 3 is 2.35 bits per heavy atom. The molecule has 1 amide bonds. The van der Waals surface area contributed by atoms with E-state index in [1.807, 2.05) is 38.1 Å². The second-order valence-corrected chi connectivity index (χ2v) is 6.24. The van der Waals surface area contributed by atoms with Crippen LogP contribution in [0.25, 0.3) is 5.69 Å². The van der Waals surface area contributed by atoms with Crippen molar-refractivity contribution in [3.8, 4) is 5.69 Å². The van der Waals surface area contributed by atoms with Crippen LogP contribution in [0, 0.1) is 19.7 Å². The van der Waals surface area contributed by atoms with Crippen molar-refractivity contribution in [2.24, 2.45) is 5.10 Å². The molecule has 26 heavy (non-hydrogen) atoms. The van der Waals surface area contributed by atoms with Crippen LogP contribution >= 0.6 is 11.6 Å². The minimum Gasteiger partial charge on any atom is -0.319 e. The SMILES string of the molecule is Cc1ccc(C)n1-c1ccc(C(=O)N/N=C/c2c(F)cccc2Cl)cc1. The lowest BCUT2D eigenvalue weighted by molar-refractivity contribution is 0.0955. The summed E-state index contributed by atoms with van der Waals surface area (Å²) in [5.74, 6) is -0.890. The van der Waals surface area contributed by atoms with Crippen LogP contribution in [0.1, 0.15) is 27.3 Å². The molecule has 3 aromatic rings. The third-order valence-corrected chi connectivity index (χ3v) is 4.35. The maximum atomic E-state index is 13.7. The maximum absolute atomic E-state index is 13.7. The molecule has 0 aliphatic rings. The number of aromatic nitrogens is 1. The van der Waals surface area contributed by atoms with Gasteiger partial charge in [0.25, 0.3) is 5.91 Å². The van der Waals surface area contributed by atoms with Gasteiger partial charge in [-0.1, -0.05) is 17.7 Å². The molecule has 1 aromatic heterocycles. The molecule has 0 aliphatic heterocycles. The van der Waals surface area contributed by atoms with E-state index in [9.17, 15) is 9.18 Å². The molecule has 0 spiro atoms. The topological polar surface area (TPSA) is 46.4 Å². The molecule has 1 N–H and O–H groups in total. The molecule has 2 aromatic carbocycles. The van der Waals surface area contributed by atoms with Crippen LogP contribution in [-0.2, 0) is 0 Å². The second kappa shape index (κ2) is 7.54. The highest BCUT2D eigenvalue weighted by Crippen LogP contribution is 2.18. The summed E-state index contributed by atoms with van der Waals surface area (Å²) < 4.78 is 15.7. The first kappa shape index (κ1) is 17.9. The number of nitrogens with zero attached hydrogens (tertiary/aromatic N) is 2. The number of hydrogen-bond acceptors (Lipinski definition) is 2. The van der Waals surface area contributed by atoms with E-state index in [4.69, 9.17) is 11.6 Å². The monoisotopic (exact) mass is 369 g/mol. The van der Waals surface area contributed by atoms with Gasteiger partial charge < -0.3 is 4.57 Å². The predicted molar refractivity (Wildman–Crippen MR) is 102 cm³/mol. The number of rotatable bonds is 4. The fourth-order valence-corrected chi connectivity index (χ4v) is 2.90. The smallest absolute Gasteiger partial charge is 0.271 e. The summed E-state index contributed by atoms with van der Waals surface area (Å²) in [4.78, 5) is 12.2. The third kappa shape index (κ3) is 3.68. The van der Waals surface area contributed by atoms with Crippen molar-refractivity contribution in [3.63, 3.8) is 0 Å². The first-order chi connectivity index (χ1) is 12.5. The second-order valence-electron chi connectivity index (χ2n) is 5.83. The minimum absolute atomic E-state index is 0.128. The van der Waals surface area contributed by atoms with Gasteiger partial charge in [-0.15, -0.1) is 0 Å². The standard InChI is InChI=1S/C20H17ClFN3O/c1-13-6-7-14(2)25(13)16-10-8-15(9-11-16)20(26)24-23-12-17-18(21)4-3-5-19(17)22/h3-12H,1-2H3,(H,24,26)/b23-12+. The van der Waals surface area contributed by atoms with E-state index >= 15 is 0 Å². The molecule has 1 heterocycles. The van der Waals surface area contributed by atoms with Gasteiger partial charge in [0, 0.05) is 28.2 Å². The number of amides is 1. The van der Waals surface area contributed by atoms with E-state index in [0.717, 1.165) is 17.1 Å². The summed E-state index contributed by atoms with van der Waals surface area (Å²) in [5, 5.41) is 4.01. The number of benzene rings is 2. The van der Waals surface area contributed by atoms with Gasteiger partial charge in [-0.25, -0.2) is 9.82 Å². The van der Waals surface area contributed by atoms with Crippen molar-refractivity contribution in [1.29, 1.82) is 0 Å². The van der Waals surface area contributed by atoms with Gasteiger partial charge in [-0.05, 0) is 62.4 Å². The van der Waals surface area contributed by atoms with Gasteiger partial charge in [-0.3, -0.25) is 4.79 Å². The highest BCUT2D eigenvalue weighted by atomic mass is 35.5. The molecule has 0 fully saturated rings. The van der Waals surface area contributed by atoms with E-state index in [-0.39, 0.29) is 16.5 Å². The normalized spacial score (nSPS) is 11.1. The predicted octanol–water partition coefficient (Wildman–Crippen LogP) is 4.65. The maximum Gasteiger partial charge on any atom is 0.271 e. The summed E-state index contributed by atoms with van der Waals surface area (Å²) in [7, 11) is 0. The first-order valence-electron chi connectivity index (χ1n) is 8.00. The number of hydrogen-bond donors (Lipinski definition) is 1. The van der Waals surface area contributed by atoms with Crippen LogP contribution in [0.3, 0.4) is 0 Å². The van der Waals surface area contributed by atoms with Gasteiger partial charge in [0.15, 0.2) is 0 Å².